The monoisotopic (exact) mass is 379 g/mol. The SMILES string of the molecule is C[C@@H](NC(=O)COC(=O)c1ccc(F)cc1Cl)c1ccc2c(c1)OCO2. The number of ether oxygens (including phenoxy) is 3. The van der Waals surface area contributed by atoms with Crippen LogP contribution in [-0.2, 0) is 9.53 Å². The quantitative estimate of drug-likeness (QED) is 0.807. The van der Waals surface area contributed by atoms with E-state index in [2.05, 4.69) is 5.32 Å². The van der Waals surface area contributed by atoms with Gasteiger partial charge in [-0.25, -0.2) is 9.18 Å². The second-order valence-electron chi connectivity index (χ2n) is 5.60. The molecule has 1 aliphatic rings. The van der Waals surface area contributed by atoms with E-state index in [1.165, 1.54) is 6.07 Å². The molecule has 1 amide bonds. The number of hydrogen-bond donors (Lipinski definition) is 1. The highest BCUT2D eigenvalue weighted by molar-refractivity contribution is 6.33. The van der Waals surface area contributed by atoms with Crippen molar-refractivity contribution in [3.63, 3.8) is 0 Å². The summed E-state index contributed by atoms with van der Waals surface area (Å²) in [5, 5.41) is 2.63. The number of benzene rings is 2. The summed E-state index contributed by atoms with van der Waals surface area (Å²) in [5.74, 6) is -0.595. The maximum Gasteiger partial charge on any atom is 0.340 e. The third-order valence-corrected chi connectivity index (χ3v) is 4.07. The van der Waals surface area contributed by atoms with Gasteiger partial charge >= 0.3 is 5.97 Å². The second-order valence-corrected chi connectivity index (χ2v) is 6.01. The fraction of sp³-hybridized carbons (Fsp3) is 0.222. The molecule has 26 heavy (non-hydrogen) atoms. The minimum absolute atomic E-state index is 0.00955. The predicted octanol–water partition coefficient (Wildman–Crippen LogP) is 3.24. The molecule has 0 fully saturated rings. The lowest BCUT2D eigenvalue weighted by molar-refractivity contribution is -0.124. The first kappa shape index (κ1) is 18.0. The van der Waals surface area contributed by atoms with E-state index >= 15 is 0 Å². The maximum absolute atomic E-state index is 13.0. The Morgan fingerprint density at radius 2 is 2.00 bits per heavy atom. The molecule has 1 N–H and O–H groups in total. The molecule has 3 rings (SSSR count). The zero-order valence-electron chi connectivity index (χ0n) is 13.8. The fourth-order valence-corrected chi connectivity index (χ4v) is 2.66. The van der Waals surface area contributed by atoms with Gasteiger partial charge in [-0.1, -0.05) is 17.7 Å². The second kappa shape index (κ2) is 7.61. The zero-order valence-corrected chi connectivity index (χ0v) is 14.5. The molecule has 8 heteroatoms. The number of carbonyl (C=O) groups is 2. The van der Waals surface area contributed by atoms with Gasteiger partial charge < -0.3 is 19.5 Å². The van der Waals surface area contributed by atoms with E-state index in [-0.39, 0.29) is 23.4 Å². The average Bonchev–Trinajstić information content (AvgIpc) is 3.07. The van der Waals surface area contributed by atoms with Crippen LogP contribution in [0.4, 0.5) is 4.39 Å². The largest absolute Gasteiger partial charge is 0.454 e. The van der Waals surface area contributed by atoms with Gasteiger partial charge in [0, 0.05) is 0 Å². The number of halogens is 2. The summed E-state index contributed by atoms with van der Waals surface area (Å²) in [5.41, 5.74) is 0.806. The van der Waals surface area contributed by atoms with Crippen LogP contribution >= 0.6 is 11.6 Å². The molecule has 0 spiro atoms. The van der Waals surface area contributed by atoms with E-state index < -0.39 is 24.3 Å². The van der Waals surface area contributed by atoms with Gasteiger partial charge in [0.1, 0.15) is 5.82 Å². The van der Waals surface area contributed by atoms with E-state index in [0.717, 1.165) is 17.7 Å². The molecule has 1 aliphatic heterocycles. The lowest BCUT2D eigenvalue weighted by Crippen LogP contribution is -2.31. The number of rotatable bonds is 5. The van der Waals surface area contributed by atoms with Crippen LogP contribution in [0, 0.1) is 5.82 Å². The Morgan fingerprint density at radius 1 is 1.23 bits per heavy atom. The zero-order chi connectivity index (χ0) is 18.7. The molecular weight excluding hydrogens is 365 g/mol. The van der Waals surface area contributed by atoms with Gasteiger partial charge in [0.15, 0.2) is 18.1 Å². The number of hydrogen-bond acceptors (Lipinski definition) is 5. The molecular formula is C18H15ClFNO5. The van der Waals surface area contributed by atoms with Crippen LogP contribution in [0.25, 0.3) is 0 Å². The predicted molar refractivity (Wildman–Crippen MR) is 90.8 cm³/mol. The molecule has 0 aliphatic carbocycles. The molecule has 2 aromatic rings. The first-order valence-electron chi connectivity index (χ1n) is 7.75. The smallest absolute Gasteiger partial charge is 0.340 e. The Bertz CT molecular complexity index is 857. The summed E-state index contributed by atoms with van der Waals surface area (Å²) in [4.78, 5) is 23.9. The summed E-state index contributed by atoms with van der Waals surface area (Å²) in [6.45, 7) is 1.47. The van der Waals surface area contributed by atoms with Gasteiger partial charge in [0.2, 0.25) is 6.79 Å². The van der Waals surface area contributed by atoms with Crippen molar-refractivity contribution in [3.8, 4) is 11.5 Å². The number of fused-ring (bicyclic) bond motifs is 1. The minimum atomic E-state index is -0.805. The molecule has 1 heterocycles. The number of amides is 1. The van der Waals surface area contributed by atoms with Gasteiger partial charge in [0.05, 0.1) is 16.6 Å². The Balaban J connectivity index is 1.54. The average molecular weight is 380 g/mol. The molecule has 2 aromatic carbocycles. The Hall–Kier alpha value is -2.80. The van der Waals surface area contributed by atoms with Gasteiger partial charge in [0.25, 0.3) is 5.91 Å². The van der Waals surface area contributed by atoms with Gasteiger partial charge in [-0.2, -0.15) is 0 Å². The van der Waals surface area contributed by atoms with E-state index in [9.17, 15) is 14.0 Å². The topological polar surface area (TPSA) is 73.9 Å². The Morgan fingerprint density at radius 3 is 2.77 bits per heavy atom. The highest BCUT2D eigenvalue weighted by Gasteiger charge is 2.18. The molecule has 136 valence electrons. The molecule has 0 saturated carbocycles. The summed E-state index contributed by atoms with van der Waals surface area (Å²) in [6.07, 6.45) is 0. The standard InChI is InChI=1S/C18H15ClFNO5/c1-10(11-2-5-15-16(6-11)26-9-25-15)21-17(22)8-24-18(23)13-4-3-12(20)7-14(13)19/h2-7,10H,8-9H2,1H3,(H,21,22)/t10-/m1/s1. The molecule has 0 bridgehead atoms. The summed E-state index contributed by atoms with van der Waals surface area (Å²) in [6, 6.07) is 8.30. The number of nitrogens with one attached hydrogen (secondary N) is 1. The molecule has 0 aromatic heterocycles. The van der Waals surface area contributed by atoms with Crippen molar-refractivity contribution in [2.75, 3.05) is 13.4 Å². The van der Waals surface area contributed by atoms with Gasteiger partial charge in [-0.15, -0.1) is 0 Å². The Labute approximate surface area is 153 Å². The highest BCUT2D eigenvalue weighted by Crippen LogP contribution is 2.34. The molecule has 0 radical (unpaired) electrons. The molecule has 6 nitrogen and oxygen atoms in total. The number of carbonyl (C=O) groups excluding carboxylic acids is 2. The third kappa shape index (κ3) is 4.05. The first-order valence-corrected chi connectivity index (χ1v) is 8.13. The Kier molecular flexibility index (Phi) is 5.27. The van der Waals surface area contributed by atoms with Crippen molar-refractivity contribution < 1.29 is 28.2 Å². The third-order valence-electron chi connectivity index (χ3n) is 3.76. The molecule has 0 unspecified atom stereocenters. The highest BCUT2D eigenvalue weighted by atomic mass is 35.5. The summed E-state index contributed by atoms with van der Waals surface area (Å²) < 4.78 is 28.4. The summed E-state index contributed by atoms with van der Waals surface area (Å²) >= 11 is 5.79. The van der Waals surface area contributed by atoms with Gasteiger partial charge in [-0.05, 0) is 42.8 Å². The normalized spacial score (nSPS) is 13.2. The van der Waals surface area contributed by atoms with Crippen molar-refractivity contribution in [2.45, 2.75) is 13.0 Å². The lowest BCUT2D eigenvalue weighted by Gasteiger charge is -2.15. The molecule has 1 atom stereocenters. The van der Waals surface area contributed by atoms with Crippen LogP contribution < -0.4 is 14.8 Å². The van der Waals surface area contributed by atoms with Crippen LogP contribution in [0.2, 0.25) is 5.02 Å². The van der Waals surface area contributed by atoms with Crippen molar-refractivity contribution >= 4 is 23.5 Å². The minimum Gasteiger partial charge on any atom is -0.454 e. The van der Waals surface area contributed by atoms with Crippen LogP contribution in [0.1, 0.15) is 28.9 Å². The number of esters is 1. The summed E-state index contributed by atoms with van der Waals surface area (Å²) in [7, 11) is 0. The van der Waals surface area contributed by atoms with Crippen molar-refractivity contribution in [3.05, 3.63) is 58.4 Å². The lowest BCUT2D eigenvalue weighted by atomic mass is 10.1. The van der Waals surface area contributed by atoms with Crippen LogP contribution in [0.15, 0.2) is 36.4 Å². The van der Waals surface area contributed by atoms with E-state index in [0.29, 0.717) is 11.5 Å². The van der Waals surface area contributed by atoms with E-state index in [4.69, 9.17) is 25.8 Å². The fourth-order valence-electron chi connectivity index (χ4n) is 2.41. The van der Waals surface area contributed by atoms with Crippen LogP contribution in [0.5, 0.6) is 11.5 Å². The van der Waals surface area contributed by atoms with Crippen LogP contribution in [-0.4, -0.2) is 25.3 Å². The first-order chi connectivity index (χ1) is 12.4. The van der Waals surface area contributed by atoms with Crippen molar-refractivity contribution in [1.82, 2.24) is 5.32 Å². The maximum atomic E-state index is 13.0. The van der Waals surface area contributed by atoms with Gasteiger partial charge in [-0.3, -0.25) is 4.79 Å². The van der Waals surface area contributed by atoms with Crippen molar-refractivity contribution in [2.24, 2.45) is 0 Å². The van der Waals surface area contributed by atoms with Crippen molar-refractivity contribution in [1.29, 1.82) is 0 Å². The van der Waals surface area contributed by atoms with Crippen LogP contribution in [0.3, 0.4) is 0 Å². The van der Waals surface area contributed by atoms with E-state index in [1.807, 2.05) is 6.07 Å². The van der Waals surface area contributed by atoms with E-state index in [1.54, 1.807) is 19.1 Å². The molecule has 0 saturated heterocycles.